The van der Waals surface area contributed by atoms with Crippen LogP contribution in [0.1, 0.15) is 25.0 Å². The Hall–Kier alpha value is -0.980. The third-order valence-electron chi connectivity index (χ3n) is 4.03. The molecule has 1 saturated heterocycles. The molecule has 0 radical (unpaired) electrons. The van der Waals surface area contributed by atoms with Crippen molar-refractivity contribution in [1.29, 1.82) is 0 Å². The molecule has 0 spiro atoms. The molecule has 0 bridgehead atoms. The van der Waals surface area contributed by atoms with E-state index in [9.17, 15) is 12.8 Å². The van der Waals surface area contributed by atoms with Crippen molar-refractivity contribution in [2.45, 2.75) is 38.6 Å². The Bertz CT molecular complexity index is 598. The van der Waals surface area contributed by atoms with Gasteiger partial charge in [0.05, 0.1) is 4.90 Å². The van der Waals surface area contributed by atoms with E-state index < -0.39 is 15.8 Å². The number of hydrogen-bond donors (Lipinski definition) is 0. The Kier molecular flexibility index (Phi) is 4.70. The Morgan fingerprint density at radius 3 is 1.95 bits per heavy atom. The molecule has 4 nitrogen and oxygen atoms in total. The Morgan fingerprint density at radius 2 is 1.52 bits per heavy atom. The lowest BCUT2D eigenvalue weighted by molar-refractivity contribution is 0.154. The van der Waals surface area contributed by atoms with Crippen LogP contribution in [0.2, 0.25) is 0 Å². The Balaban J connectivity index is 2.28. The third-order valence-corrected chi connectivity index (χ3v) is 6.23. The zero-order valence-electron chi connectivity index (χ0n) is 13.1. The topological polar surface area (TPSA) is 40.6 Å². The van der Waals surface area contributed by atoms with Crippen molar-refractivity contribution in [3.05, 3.63) is 29.1 Å². The predicted octanol–water partition coefficient (Wildman–Crippen LogP) is 2.16. The van der Waals surface area contributed by atoms with Gasteiger partial charge in [-0.05, 0) is 51.0 Å². The van der Waals surface area contributed by atoms with E-state index in [-0.39, 0.29) is 4.90 Å². The maximum absolute atomic E-state index is 13.4. The molecule has 1 fully saturated rings. The van der Waals surface area contributed by atoms with Crippen molar-refractivity contribution in [1.82, 2.24) is 9.21 Å². The summed E-state index contributed by atoms with van der Waals surface area (Å²) in [6.45, 7) is 9.94. The molecule has 0 unspecified atom stereocenters. The van der Waals surface area contributed by atoms with Crippen molar-refractivity contribution in [3.63, 3.8) is 0 Å². The average Bonchev–Trinajstić information content (AvgIpc) is 2.37. The Labute approximate surface area is 126 Å². The standard InChI is InChI=1S/C15H23FN2O2S/c1-11(2)17-5-7-18(8-6-17)21(19,20)15-12(3)9-14(16)10-13(15)4/h9-11H,5-8H2,1-4H3. The van der Waals surface area contributed by atoms with Crippen molar-refractivity contribution >= 4 is 10.0 Å². The van der Waals surface area contributed by atoms with Gasteiger partial charge in [0, 0.05) is 32.2 Å². The molecule has 21 heavy (non-hydrogen) atoms. The van der Waals surface area contributed by atoms with E-state index in [0.717, 1.165) is 13.1 Å². The zero-order chi connectivity index (χ0) is 15.8. The summed E-state index contributed by atoms with van der Waals surface area (Å²) in [6.07, 6.45) is 0. The summed E-state index contributed by atoms with van der Waals surface area (Å²) in [5, 5.41) is 0. The van der Waals surface area contributed by atoms with Crippen LogP contribution in [0, 0.1) is 19.7 Å². The maximum Gasteiger partial charge on any atom is 0.243 e. The van der Waals surface area contributed by atoms with Crippen molar-refractivity contribution in [2.24, 2.45) is 0 Å². The fourth-order valence-electron chi connectivity index (χ4n) is 2.89. The summed E-state index contributed by atoms with van der Waals surface area (Å²) < 4.78 is 40.5. The number of benzene rings is 1. The van der Waals surface area contributed by atoms with E-state index in [1.807, 2.05) is 0 Å². The highest BCUT2D eigenvalue weighted by molar-refractivity contribution is 7.89. The van der Waals surface area contributed by atoms with E-state index in [1.165, 1.54) is 16.4 Å². The first kappa shape index (κ1) is 16.4. The SMILES string of the molecule is Cc1cc(F)cc(C)c1S(=O)(=O)N1CCN(C(C)C)CC1. The summed E-state index contributed by atoms with van der Waals surface area (Å²) in [5.74, 6) is -0.395. The molecular formula is C15H23FN2O2S. The number of halogens is 1. The fourth-order valence-corrected chi connectivity index (χ4v) is 4.73. The molecule has 0 atom stereocenters. The van der Waals surface area contributed by atoms with Gasteiger partial charge in [0.15, 0.2) is 0 Å². The highest BCUT2D eigenvalue weighted by Crippen LogP contribution is 2.26. The molecule has 1 aliphatic heterocycles. The summed E-state index contributed by atoms with van der Waals surface area (Å²) in [7, 11) is -3.55. The first-order valence-electron chi connectivity index (χ1n) is 7.24. The zero-order valence-corrected chi connectivity index (χ0v) is 13.9. The summed E-state index contributed by atoms with van der Waals surface area (Å²) in [6, 6.07) is 2.98. The molecule has 0 aromatic heterocycles. The maximum atomic E-state index is 13.4. The molecule has 6 heteroatoms. The van der Waals surface area contributed by atoms with E-state index >= 15 is 0 Å². The first-order valence-corrected chi connectivity index (χ1v) is 8.68. The third kappa shape index (κ3) is 3.27. The van der Waals surface area contributed by atoms with Crippen LogP contribution in [0.15, 0.2) is 17.0 Å². The molecule has 1 heterocycles. The monoisotopic (exact) mass is 314 g/mol. The second-order valence-electron chi connectivity index (χ2n) is 5.90. The lowest BCUT2D eigenvalue weighted by Gasteiger charge is -2.36. The number of hydrogen-bond acceptors (Lipinski definition) is 3. The van der Waals surface area contributed by atoms with Gasteiger partial charge in [0.2, 0.25) is 10.0 Å². The van der Waals surface area contributed by atoms with E-state index in [1.54, 1.807) is 13.8 Å². The number of sulfonamides is 1. The van der Waals surface area contributed by atoms with Gasteiger partial charge in [-0.3, -0.25) is 4.90 Å². The van der Waals surface area contributed by atoms with Crippen molar-refractivity contribution in [3.8, 4) is 0 Å². The van der Waals surface area contributed by atoms with E-state index in [4.69, 9.17) is 0 Å². The summed E-state index contributed by atoms with van der Waals surface area (Å²) >= 11 is 0. The van der Waals surface area contributed by atoms with Gasteiger partial charge in [0.25, 0.3) is 0 Å². The molecule has 1 aliphatic rings. The highest BCUT2D eigenvalue weighted by Gasteiger charge is 2.31. The normalized spacial score (nSPS) is 18.4. The van der Waals surface area contributed by atoms with Crippen LogP contribution in [0.3, 0.4) is 0 Å². The molecular weight excluding hydrogens is 291 g/mol. The van der Waals surface area contributed by atoms with Crippen LogP contribution in [0.25, 0.3) is 0 Å². The molecule has 0 amide bonds. The minimum atomic E-state index is -3.55. The number of piperazine rings is 1. The summed E-state index contributed by atoms with van der Waals surface area (Å²) in [4.78, 5) is 2.51. The van der Waals surface area contributed by atoms with Crippen molar-refractivity contribution < 1.29 is 12.8 Å². The molecule has 1 aromatic rings. The van der Waals surface area contributed by atoms with Crippen LogP contribution >= 0.6 is 0 Å². The molecule has 0 N–H and O–H groups in total. The fraction of sp³-hybridized carbons (Fsp3) is 0.600. The molecule has 118 valence electrons. The first-order chi connectivity index (χ1) is 9.73. The van der Waals surface area contributed by atoms with Crippen LogP contribution in [-0.2, 0) is 10.0 Å². The quantitative estimate of drug-likeness (QED) is 0.858. The molecule has 2 rings (SSSR count). The van der Waals surface area contributed by atoms with Crippen LogP contribution in [0.4, 0.5) is 4.39 Å². The van der Waals surface area contributed by atoms with E-state index in [2.05, 4.69) is 18.7 Å². The van der Waals surface area contributed by atoms with Crippen LogP contribution in [0.5, 0.6) is 0 Å². The number of aryl methyl sites for hydroxylation is 2. The lowest BCUT2D eigenvalue weighted by Crippen LogP contribution is -2.50. The van der Waals surface area contributed by atoms with E-state index in [0.29, 0.717) is 30.3 Å². The predicted molar refractivity (Wildman–Crippen MR) is 81.3 cm³/mol. The van der Waals surface area contributed by atoms with Gasteiger partial charge in [-0.15, -0.1) is 0 Å². The van der Waals surface area contributed by atoms with Gasteiger partial charge in [0.1, 0.15) is 5.82 Å². The molecule has 0 saturated carbocycles. The van der Waals surface area contributed by atoms with Crippen LogP contribution in [-0.4, -0.2) is 49.8 Å². The largest absolute Gasteiger partial charge is 0.298 e. The summed E-state index contributed by atoms with van der Waals surface area (Å²) in [5.41, 5.74) is 0.942. The van der Waals surface area contributed by atoms with Gasteiger partial charge < -0.3 is 0 Å². The minimum Gasteiger partial charge on any atom is -0.298 e. The number of rotatable bonds is 3. The average molecular weight is 314 g/mol. The molecule has 1 aromatic carbocycles. The van der Waals surface area contributed by atoms with Crippen molar-refractivity contribution in [2.75, 3.05) is 26.2 Å². The van der Waals surface area contributed by atoms with Gasteiger partial charge in [-0.2, -0.15) is 4.31 Å². The minimum absolute atomic E-state index is 0.252. The molecule has 0 aliphatic carbocycles. The Morgan fingerprint density at radius 1 is 1.05 bits per heavy atom. The lowest BCUT2D eigenvalue weighted by atomic mass is 10.1. The second-order valence-corrected chi connectivity index (χ2v) is 7.78. The second kappa shape index (κ2) is 6.02. The smallest absolute Gasteiger partial charge is 0.243 e. The van der Waals surface area contributed by atoms with Crippen LogP contribution < -0.4 is 0 Å². The van der Waals surface area contributed by atoms with Gasteiger partial charge >= 0.3 is 0 Å². The number of nitrogens with zero attached hydrogens (tertiary/aromatic N) is 2. The van der Waals surface area contributed by atoms with Gasteiger partial charge in [-0.1, -0.05) is 0 Å². The van der Waals surface area contributed by atoms with Gasteiger partial charge in [-0.25, -0.2) is 12.8 Å². The highest BCUT2D eigenvalue weighted by atomic mass is 32.2.